The van der Waals surface area contributed by atoms with E-state index in [1.807, 2.05) is 18.2 Å². The Kier molecular flexibility index (Phi) is 3.13. The number of hydrogen-bond donors (Lipinski definition) is 2. The van der Waals surface area contributed by atoms with E-state index < -0.39 is 0 Å². The third-order valence-electron chi connectivity index (χ3n) is 2.97. The van der Waals surface area contributed by atoms with Gasteiger partial charge in [-0.3, -0.25) is 0 Å². The van der Waals surface area contributed by atoms with Crippen LogP contribution in [0.5, 0.6) is 5.75 Å². The molecule has 2 aromatic rings. The molecule has 0 aliphatic heterocycles. The van der Waals surface area contributed by atoms with Gasteiger partial charge in [-0.05, 0) is 17.5 Å². The molecule has 0 aliphatic rings. The van der Waals surface area contributed by atoms with Gasteiger partial charge in [0.05, 0.1) is 7.11 Å². The number of nitrogen functional groups attached to an aromatic ring is 1. The quantitative estimate of drug-likeness (QED) is 0.631. The van der Waals surface area contributed by atoms with Gasteiger partial charge in [-0.25, -0.2) is 10.8 Å². The maximum atomic E-state index is 5.58. The molecule has 4 nitrogen and oxygen atoms in total. The summed E-state index contributed by atoms with van der Waals surface area (Å²) in [5, 5.41) is 1.05. The number of aromatic nitrogens is 1. The van der Waals surface area contributed by atoms with Crippen LogP contribution in [0.1, 0.15) is 26.3 Å². The minimum Gasteiger partial charge on any atom is -0.494 e. The van der Waals surface area contributed by atoms with Crippen molar-refractivity contribution < 1.29 is 4.74 Å². The van der Waals surface area contributed by atoms with Crippen LogP contribution in [0.25, 0.3) is 10.9 Å². The van der Waals surface area contributed by atoms with Crippen LogP contribution in [0.15, 0.2) is 24.3 Å². The first-order chi connectivity index (χ1) is 8.47. The highest BCUT2D eigenvalue weighted by atomic mass is 16.5. The van der Waals surface area contributed by atoms with E-state index in [9.17, 15) is 0 Å². The van der Waals surface area contributed by atoms with Crippen molar-refractivity contribution in [2.75, 3.05) is 12.5 Å². The molecular formula is C14H19N3O. The SMILES string of the molecule is COc1cccc2cc(C(C)(C)C)c(NN)nc12. The summed E-state index contributed by atoms with van der Waals surface area (Å²) in [6.45, 7) is 6.41. The summed E-state index contributed by atoms with van der Waals surface area (Å²) >= 11 is 0. The Morgan fingerprint density at radius 2 is 2.00 bits per heavy atom. The number of benzene rings is 1. The van der Waals surface area contributed by atoms with E-state index in [-0.39, 0.29) is 5.41 Å². The van der Waals surface area contributed by atoms with Gasteiger partial charge < -0.3 is 10.2 Å². The van der Waals surface area contributed by atoms with Crippen molar-refractivity contribution in [1.29, 1.82) is 0 Å². The van der Waals surface area contributed by atoms with E-state index in [1.165, 1.54) is 0 Å². The Morgan fingerprint density at radius 1 is 1.28 bits per heavy atom. The second-order valence-corrected chi connectivity index (χ2v) is 5.31. The van der Waals surface area contributed by atoms with Crippen molar-refractivity contribution in [3.8, 4) is 5.75 Å². The van der Waals surface area contributed by atoms with Gasteiger partial charge in [0, 0.05) is 10.9 Å². The number of ether oxygens (including phenoxy) is 1. The number of hydrogen-bond acceptors (Lipinski definition) is 4. The van der Waals surface area contributed by atoms with E-state index in [4.69, 9.17) is 10.6 Å². The average Bonchev–Trinajstić information content (AvgIpc) is 2.35. The molecule has 0 spiro atoms. The second-order valence-electron chi connectivity index (χ2n) is 5.31. The summed E-state index contributed by atoms with van der Waals surface area (Å²) in [4.78, 5) is 4.57. The Labute approximate surface area is 107 Å². The number of para-hydroxylation sites is 1. The Morgan fingerprint density at radius 3 is 2.56 bits per heavy atom. The second kappa shape index (κ2) is 4.46. The van der Waals surface area contributed by atoms with Gasteiger partial charge >= 0.3 is 0 Å². The minimum absolute atomic E-state index is 0.0219. The normalized spacial score (nSPS) is 11.6. The molecule has 0 radical (unpaired) electrons. The van der Waals surface area contributed by atoms with Crippen molar-refractivity contribution in [2.45, 2.75) is 26.2 Å². The molecule has 4 heteroatoms. The molecule has 0 saturated carbocycles. The van der Waals surface area contributed by atoms with Gasteiger partial charge in [0.1, 0.15) is 17.1 Å². The molecule has 3 N–H and O–H groups in total. The fourth-order valence-electron chi connectivity index (χ4n) is 2.02. The zero-order chi connectivity index (χ0) is 13.3. The van der Waals surface area contributed by atoms with E-state index in [0.29, 0.717) is 5.82 Å². The largest absolute Gasteiger partial charge is 0.494 e. The number of methoxy groups -OCH3 is 1. The summed E-state index contributed by atoms with van der Waals surface area (Å²) in [6.07, 6.45) is 0. The molecule has 0 bridgehead atoms. The molecule has 0 atom stereocenters. The highest BCUT2D eigenvalue weighted by Gasteiger charge is 2.20. The van der Waals surface area contributed by atoms with Crippen LogP contribution >= 0.6 is 0 Å². The van der Waals surface area contributed by atoms with E-state index in [2.05, 4.69) is 37.2 Å². The number of nitrogens with two attached hydrogens (primary N) is 1. The van der Waals surface area contributed by atoms with Gasteiger partial charge in [0.25, 0.3) is 0 Å². The first kappa shape index (κ1) is 12.6. The maximum Gasteiger partial charge on any atom is 0.145 e. The number of pyridine rings is 1. The van der Waals surface area contributed by atoms with E-state index in [0.717, 1.165) is 22.2 Å². The van der Waals surface area contributed by atoms with Crippen LogP contribution < -0.4 is 16.0 Å². The molecule has 18 heavy (non-hydrogen) atoms. The Bertz CT molecular complexity index is 573. The molecule has 1 aromatic carbocycles. The lowest BCUT2D eigenvalue weighted by molar-refractivity contribution is 0.419. The van der Waals surface area contributed by atoms with E-state index >= 15 is 0 Å². The smallest absolute Gasteiger partial charge is 0.145 e. The summed E-state index contributed by atoms with van der Waals surface area (Å²) in [5.41, 5.74) is 4.57. The molecule has 0 aliphatic carbocycles. The van der Waals surface area contributed by atoms with Crippen molar-refractivity contribution in [3.05, 3.63) is 29.8 Å². The summed E-state index contributed by atoms with van der Waals surface area (Å²) in [6, 6.07) is 8.00. The fourth-order valence-corrected chi connectivity index (χ4v) is 2.02. The Hall–Kier alpha value is -1.81. The monoisotopic (exact) mass is 245 g/mol. The number of rotatable bonds is 2. The summed E-state index contributed by atoms with van der Waals surface area (Å²) in [5.74, 6) is 7.02. The summed E-state index contributed by atoms with van der Waals surface area (Å²) < 4.78 is 5.32. The maximum absolute atomic E-state index is 5.58. The first-order valence-corrected chi connectivity index (χ1v) is 5.92. The van der Waals surface area contributed by atoms with Crippen molar-refractivity contribution >= 4 is 16.7 Å². The first-order valence-electron chi connectivity index (χ1n) is 5.92. The van der Waals surface area contributed by atoms with Gasteiger partial charge in [-0.2, -0.15) is 0 Å². The highest BCUT2D eigenvalue weighted by molar-refractivity contribution is 5.87. The van der Waals surface area contributed by atoms with Crippen LogP contribution in [0, 0.1) is 0 Å². The molecule has 1 heterocycles. The lowest BCUT2D eigenvalue weighted by Gasteiger charge is -2.22. The number of anilines is 1. The Balaban J connectivity index is 2.77. The zero-order valence-corrected chi connectivity index (χ0v) is 11.2. The van der Waals surface area contributed by atoms with Crippen LogP contribution in [0.2, 0.25) is 0 Å². The molecule has 2 rings (SSSR count). The van der Waals surface area contributed by atoms with E-state index in [1.54, 1.807) is 7.11 Å². The van der Waals surface area contributed by atoms with Crippen molar-refractivity contribution in [3.63, 3.8) is 0 Å². The van der Waals surface area contributed by atoms with Gasteiger partial charge in [0.2, 0.25) is 0 Å². The molecule has 96 valence electrons. The molecular weight excluding hydrogens is 226 g/mol. The molecule has 0 fully saturated rings. The third-order valence-corrected chi connectivity index (χ3v) is 2.97. The number of nitrogens with one attached hydrogen (secondary N) is 1. The molecule has 1 aromatic heterocycles. The number of nitrogens with zero attached hydrogens (tertiary/aromatic N) is 1. The zero-order valence-electron chi connectivity index (χ0n) is 11.2. The minimum atomic E-state index is -0.0219. The number of hydrazine groups is 1. The van der Waals surface area contributed by atoms with Crippen LogP contribution in [-0.4, -0.2) is 12.1 Å². The lowest BCUT2D eigenvalue weighted by Crippen LogP contribution is -2.19. The van der Waals surface area contributed by atoms with Gasteiger partial charge in [-0.1, -0.05) is 32.9 Å². The standard InChI is InChI=1S/C14H19N3O/c1-14(2,3)10-8-9-6-5-7-11(18-4)12(9)16-13(10)17-15/h5-8H,15H2,1-4H3,(H,16,17). The molecule has 0 unspecified atom stereocenters. The van der Waals surface area contributed by atoms with Crippen molar-refractivity contribution in [2.24, 2.45) is 5.84 Å². The van der Waals surface area contributed by atoms with Crippen molar-refractivity contribution in [1.82, 2.24) is 4.98 Å². The van der Waals surface area contributed by atoms with Crippen LogP contribution in [0.4, 0.5) is 5.82 Å². The predicted octanol–water partition coefficient (Wildman–Crippen LogP) is 2.83. The van der Waals surface area contributed by atoms with Gasteiger partial charge in [-0.15, -0.1) is 0 Å². The number of fused-ring (bicyclic) bond motifs is 1. The summed E-state index contributed by atoms with van der Waals surface area (Å²) in [7, 11) is 1.64. The molecule has 0 saturated heterocycles. The fraction of sp³-hybridized carbons (Fsp3) is 0.357. The van der Waals surface area contributed by atoms with Crippen LogP contribution in [0.3, 0.4) is 0 Å². The van der Waals surface area contributed by atoms with Crippen LogP contribution in [-0.2, 0) is 5.41 Å². The lowest BCUT2D eigenvalue weighted by atomic mass is 9.86. The average molecular weight is 245 g/mol. The topological polar surface area (TPSA) is 60.2 Å². The predicted molar refractivity (Wildman–Crippen MR) is 74.8 cm³/mol. The highest BCUT2D eigenvalue weighted by Crippen LogP contribution is 2.33. The molecule has 0 amide bonds. The van der Waals surface area contributed by atoms with Gasteiger partial charge in [0.15, 0.2) is 0 Å². The third kappa shape index (κ3) is 2.11.